The molecule has 1 aliphatic rings. The van der Waals surface area contributed by atoms with E-state index in [0.29, 0.717) is 0 Å². The van der Waals surface area contributed by atoms with Gasteiger partial charge in [-0.1, -0.05) is 0 Å². The van der Waals surface area contributed by atoms with Gasteiger partial charge in [-0.25, -0.2) is 17.6 Å². The molecule has 1 unspecified atom stereocenters. The Labute approximate surface area is 111 Å². The molecule has 1 fully saturated rings. The standard InChI is InChI=1S/C12H11F4NOS/c13-7-4-8(14)11(16)9(10(7)15)12(18)17-5-6-2-1-3-19-6/h4,6H,1-3,5H2,(H,17,18). The highest BCUT2D eigenvalue weighted by atomic mass is 32.2. The predicted octanol–water partition coefficient (Wildman–Crippen LogP) is 2.87. The molecule has 0 aromatic heterocycles. The van der Waals surface area contributed by atoms with Crippen molar-refractivity contribution < 1.29 is 22.4 Å². The van der Waals surface area contributed by atoms with E-state index in [4.69, 9.17) is 0 Å². The second kappa shape index (κ2) is 5.81. The van der Waals surface area contributed by atoms with Crippen LogP contribution < -0.4 is 5.32 Å². The third-order valence-corrected chi connectivity index (χ3v) is 4.25. The van der Waals surface area contributed by atoms with Crippen LogP contribution in [0.3, 0.4) is 0 Å². The van der Waals surface area contributed by atoms with Crippen molar-refractivity contribution in [3.05, 3.63) is 34.9 Å². The summed E-state index contributed by atoms with van der Waals surface area (Å²) in [5, 5.41) is 2.48. The molecule has 1 aromatic rings. The molecule has 1 aliphatic heterocycles. The summed E-state index contributed by atoms with van der Waals surface area (Å²) < 4.78 is 52.6. The van der Waals surface area contributed by atoms with Crippen molar-refractivity contribution in [3.8, 4) is 0 Å². The van der Waals surface area contributed by atoms with Gasteiger partial charge in [0.1, 0.15) is 5.56 Å². The Morgan fingerprint density at radius 3 is 2.42 bits per heavy atom. The van der Waals surface area contributed by atoms with Crippen LogP contribution in [-0.4, -0.2) is 23.5 Å². The number of benzene rings is 1. The lowest BCUT2D eigenvalue weighted by Gasteiger charge is -2.11. The molecule has 1 aromatic carbocycles. The third-order valence-electron chi connectivity index (χ3n) is 2.85. The van der Waals surface area contributed by atoms with E-state index >= 15 is 0 Å². The Morgan fingerprint density at radius 2 is 1.89 bits per heavy atom. The molecule has 0 radical (unpaired) electrons. The number of hydrogen-bond acceptors (Lipinski definition) is 2. The summed E-state index contributed by atoms with van der Waals surface area (Å²) in [6.07, 6.45) is 1.91. The topological polar surface area (TPSA) is 29.1 Å². The SMILES string of the molecule is O=C(NCC1CCCS1)c1c(F)c(F)cc(F)c1F. The number of thioether (sulfide) groups is 1. The van der Waals surface area contributed by atoms with Gasteiger partial charge in [-0.05, 0) is 18.6 Å². The number of halogens is 4. The predicted molar refractivity (Wildman–Crippen MR) is 64.1 cm³/mol. The van der Waals surface area contributed by atoms with Crippen LogP contribution in [0.1, 0.15) is 23.2 Å². The monoisotopic (exact) mass is 293 g/mol. The molecule has 0 saturated carbocycles. The molecule has 1 N–H and O–H groups in total. The van der Waals surface area contributed by atoms with Gasteiger partial charge in [0.2, 0.25) is 0 Å². The van der Waals surface area contributed by atoms with E-state index in [1.165, 1.54) is 0 Å². The van der Waals surface area contributed by atoms with Crippen LogP contribution in [0.5, 0.6) is 0 Å². The van der Waals surface area contributed by atoms with Crippen molar-refractivity contribution in [3.63, 3.8) is 0 Å². The zero-order valence-electron chi connectivity index (χ0n) is 9.81. The van der Waals surface area contributed by atoms with Crippen molar-refractivity contribution in [2.45, 2.75) is 18.1 Å². The average Bonchev–Trinajstić information content (AvgIpc) is 2.87. The highest BCUT2D eigenvalue weighted by molar-refractivity contribution is 8.00. The van der Waals surface area contributed by atoms with Gasteiger partial charge in [-0.15, -0.1) is 0 Å². The lowest BCUT2D eigenvalue weighted by Crippen LogP contribution is -2.31. The van der Waals surface area contributed by atoms with Crippen molar-refractivity contribution in [2.24, 2.45) is 0 Å². The fraction of sp³-hybridized carbons (Fsp3) is 0.417. The largest absolute Gasteiger partial charge is 0.351 e. The quantitative estimate of drug-likeness (QED) is 0.686. The van der Waals surface area contributed by atoms with Gasteiger partial charge in [0.25, 0.3) is 5.91 Å². The van der Waals surface area contributed by atoms with Crippen LogP contribution in [0.15, 0.2) is 6.07 Å². The summed E-state index contributed by atoms with van der Waals surface area (Å²) in [5.41, 5.74) is -1.21. The van der Waals surface area contributed by atoms with Crippen LogP contribution in [0.4, 0.5) is 17.6 Å². The van der Waals surface area contributed by atoms with Gasteiger partial charge in [0.15, 0.2) is 23.3 Å². The Kier molecular flexibility index (Phi) is 4.34. The minimum absolute atomic E-state index is 0.0776. The number of rotatable bonds is 3. The average molecular weight is 293 g/mol. The number of hydrogen-bond donors (Lipinski definition) is 1. The Morgan fingerprint density at radius 1 is 1.26 bits per heavy atom. The Hall–Kier alpha value is -1.24. The molecule has 0 spiro atoms. The zero-order chi connectivity index (χ0) is 14.0. The molecule has 2 nitrogen and oxygen atoms in total. The molecule has 19 heavy (non-hydrogen) atoms. The lowest BCUT2D eigenvalue weighted by atomic mass is 10.1. The molecular formula is C12H11F4NOS. The second-order valence-corrected chi connectivity index (χ2v) is 5.60. The third kappa shape index (κ3) is 3.02. The van der Waals surface area contributed by atoms with Crippen LogP contribution in [0.25, 0.3) is 0 Å². The van der Waals surface area contributed by atoms with Crippen molar-refractivity contribution >= 4 is 17.7 Å². The minimum atomic E-state index is -1.67. The van der Waals surface area contributed by atoms with Gasteiger partial charge >= 0.3 is 0 Å². The minimum Gasteiger partial charge on any atom is -0.351 e. The van der Waals surface area contributed by atoms with Gasteiger partial charge in [0.05, 0.1) is 0 Å². The van der Waals surface area contributed by atoms with Crippen LogP contribution >= 0.6 is 11.8 Å². The van der Waals surface area contributed by atoms with Crippen molar-refractivity contribution in [2.75, 3.05) is 12.3 Å². The first kappa shape index (κ1) is 14.2. The van der Waals surface area contributed by atoms with Gasteiger partial charge < -0.3 is 5.32 Å². The number of carbonyl (C=O) groups excluding carboxylic acids is 1. The van der Waals surface area contributed by atoms with Crippen molar-refractivity contribution in [1.82, 2.24) is 5.32 Å². The normalized spacial score (nSPS) is 18.6. The molecular weight excluding hydrogens is 282 g/mol. The summed E-state index contributed by atoms with van der Waals surface area (Å²) in [7, 11) is 0. The van der Waals surface area contributed by atoms with E-state index in [1.807, 2.05) is 0 Å². The molecule has 0 bridgehead atoms. The van der Waals surface area contributed by atoms with Gasteiger partial charge in [0, 0.05) is 17.9 Å². The first-order valence-corrected chi connectivity index (χ1v) is 6.78. The van der Waals surface area contributed by atoms with Crippen LogP contribution in [-0.2, 0) is 0 Å². The second-order valence-electron chi connectivity index (χ2n) is 4.19. The van der Waals surface area contributed by atoms with E-state index < -0.39 is 34.7 Å². The van der Waals surface area contributed by atoms with Crippen molar-refractivity contribution in [1.29, 1.82) is 0 Å². The first-order valence-electron chi connectivity index (χ1n) is 5.73. The summed E-state index contributed by atoms with van der Waals surface area (Å²) >= 11 is 1.64. The van der Waals surface area contributed by atoms with E-state index in [-0.39, 0.29) is 17.9 Å². The highest BCUT2D eigenvalue weighted by Gasteiger charge is 2.25. The maximum Gasteiger partial charge on any atom is 0.257 e. The molecule has 1 amide bonds. The number of nitrogens with one attached hydrogen (secondary N) is 1. The maximum atomic E-state index is 13.3. The zero-order valence-corrected chi connectivity index (χ0v) is 10.6. The summed E-state index contributed by atoms with van der Waals surface area (Å²) in [4.78, 5) is 11.6. The Bertz CT molecular complexity index is 477. The molecule has 1 atom stereocenters. The molecule has 1 heterocycles. The van der Waals surface area contributed by atoms with E-state index in [1.54, 1.807) is 11.8 Å². The highest BCUT2D eigenvalue weighted by Crippen LogP contribution is 2.25. The summed E-state index contributed by atoms with van der Waals surface area (Å²) in [6.45, 7) is 0.223. The summed E-state index contributed by atoms with van der Waals surface area (Å²) in [6, 6.07) is 0.0776. The van der Waals surface area contributed by atoms with E-state index in [2.05, 4.69) is 5.32 Å². The van der Waals surface area contributed by atoms with E-state index in [9.17, 15) is 22.4 Å². The molecule has 0 aliphatic carbocycles. The van der Waals surface area contributed by atoms with E-state index in [0.717, 1.165) is 18.6 Å². The molecule has 104 valence electrons. The fourth-order valence-electron chi connectivity index (χ4n) is 1.87. The maximum absolute atomic E-state index is 13.3. The Balaban J connectivity index is 2.14. The van der Waals surface area contributed by atoms with Gasteiger partial charge in [-0.3, -0.25) is 4.79 Å². The summed E-state index contributed by atoms with van der Waals surface area (Å²) in [5.74, 6) is -6.68. The number of amides is 1. The smallest absolute Gasteiger partial charge is 0.257 e. The molecule has 1 saturated heterocycles. The molecule has 2 rings (SSSR count). The molecule has 7 heteroatoms. The van der Waals surface area contributed by atoms with Crippen LogP contribution in [0.2, 0.25) is 0 Å². The van der Waals surface area contributed by atoms with Crippen LogP contribution in [0, 0.1) is 23.3 Å². The van der Waals surface area contributed by atoms with Gasteiger partial charge in [-0.2, -0.15) is 11.8 Å². The number of carbonyl (C=O) groups is 1. The first-order chi connectivity index (χ1) is 9.00. The fourth-order valence-corrected chi connectivity index (χ4v) is 3.07. The lowest BCUT2D eigenvalue weighted by molar-refractivity contribution is 0.0942.